The van der Waals surface area contributed by atoms with E-state index >= 15 is 0 Å². The summed E-state index contributed by atoms with van der Waals surface area (Å²) in [6.07, 6.45) is 0.604. The van der Waals surface area contributed by atoms with Gasteiger partial charge in [-0.15, -0.1) is 0 Å². The summed E-state index contributed by atoms with van der Waals surface area (Å²) in [4.78, 5) is 20.5. The van der Waals surface area contributed by atoms with Crippen molar-refractivity contribution < 1.29 is 44.0 Å². The zero-order valence-electron chi connectivity index (χ0n) is 12.2. The summed E-state index contributed by atoms with van der Waals surface area (Å²) in [5.41, 5.74) is 0.0882. The van der Waals surface area contributed by atoms with Crippen molar-refractivity contribution in [3.63, 3.8) is 0 Å². The smallest absolute Gasteiger partial charge is 0.358 e. The third kappa shape index (κ3) is 7.94. The summed E-state index contributed by atoms with van der Waals surface area (Å²) >= 11 is -0.665. The molecule has 128 valence electrons. The molecule has 0 spiro atoms. The molecule has 0 aromatic heterocycles. The Balaban J connectivity index is 0.000000505. The maximum atomic E-state index is 10.7. The average molecular weight is 466 g/mol. The highest BCUT2D eigenvalue weighted by Crippen LogP contribution is 2.09. The molecule has 0 amide bonds. The zero-order valence-corrected chi connectivity index (χ0v) is 15.1. The van der Waals surface area contributed by atoms with E-state index in [2.05, 4.69) is 0 Å². The van der Waals surface area contributed by atoms with Gasteiger partial charge in [0.25, 0.3) is 11.4 Å². The van der Waals surface area contributed by atoms with Crippen molar-refractivity contribution in [3.8, 4) is 0 Å². The molecular formula is C13H11IN2O7S. The molecule has 0 heterocycles. The van der Waals surface area contributed by atoms with Gasteiger partial charge in [-0.3, -0.25) is 20.2 Å². The molecule has 0 N–H and O–H groups in total. The van der Waals surface area contributed by atoms with E-state index in [1.54, 1.807) is 24.3 Å². The van der Waals surface area contributed by atoms with Crippen LogP contribution in [0.3, 0.4) is 0 Å². The van der Waals surface area contributed by atoms with Crippen LogP contribution in [0, 0.1) is 27.4 Å². The highest BCUT2D eigenvalue weighted by molar-refractivity contribution is 7.84. The topological polar surface area (TPSA) is 143 Å². The third-order valence-electron chi connectivity index (χ3n) is 2.26. The predicted octanol–water partition coefficient (Wildman–Crippen LogP) is -1.21. The van der Waals surface area contributed by atoms with E-state index in [1.807, 2.05) is 0 Å². The number of nitro groups is 2. The quantitative estimate of drug-likeness (QED) is 0.238. The van der Waals surface area contributed by atoms with Crippen LogP contribution in [0.5, 0.6) is 0 Å². The number of nitro benzene ring substituents is 2. The number of benzene rings is 2. The largest absolute Gasteiger partial charge is 0.748 e. The van der Waals surface area contributed by atoms with Crippen LogP contribution >= 0.6 is 0 Å². The van der Waals surface area contributed by atoms with Gasteiger partial charge in [-0.05, 0) is 12.1 Å². The van der Waals surface area contributed by atoms with Crippen LogP contribution in [0.1, 0.15) is 0 Å². The van der Waals surface area contributed by atoms with Crippen molar-refractivity contribution in [2.45, 2.75) is 0 Å². The van der Waals surface area contributed by atoms with Gasteiger partial charge in [0.1, 0.15) is 0 Å². The van der Waals surface area contributed by atoms with Gasteiger partial charge >= 0.3 is 21.2 Å². The molecule has 0 unspecified atom stereocenters. The maximum Gasteiger partial charge on any atom is 0.358 e. The summed E-state index contributed by atoms with van der Waals surface area (Å²) in [6, 6.07) is 12.8. The first-order valence-electron chi connectivity index (χ1n) is 6.11. The van der Waals surface area contributed by atoms with Crippen LogP contribution in [-0.2, 0) is 10.1 Å². The summed E-state index contributed by atoms with van der Waals surface area (Å²) < 4.78 is 28.9. The fourth-order valence-electron chi connectivity index (χ4n) is 1.42. The lowest BCUT2D eigenvalue weighted by Gasteiger charge is -1.91. The summed E-state index contributed by atoms with van der Waals surface area (Å²) in [7, 11) is -3.92. The molecule has 24 heavy (non-hydrogen) atoms. The summed E-state index contributed by atoms with van der Waals surface area (Å²) in [5, 5.41) is 21.4. The van der Waals surface area contributed by atoms with Crippen LogP contribution in [0.4, 0.5) is 11.4 Å². The van der Waals surface area contributed by atoms with Gasteiger partial charge < -0.3 is 4.55 Å². The SMILES string of the molecule is CS(=O)(=O)[O-].O=[N+]([O-])c1cccc([I+]c2cccc([N+](=O)[O-])c2)c1. The van der Waals surface area contributed by atoms with Crippen molar-refractivity contribution in [3.05, 3.63) is 75.9 Å². The summed E-state index contributed by atoms with van der Waals surface area (Å²) in [6.45, 7) is 0. The molecule has 9 nitrogen and oxygen atoms in total. The summed E-state index contributed by atoms with van der Waals surface area (Å²) in [5.74, 6) is 0. The number of nitrogens with zero attached hydrogens (tertiary/aromatic N) is 2. The highest BCUT2D eigenvalue weighted by atomic mass is 127. The molecule has 0 radical (unpaired) electrons. The molecule has 2 aromatic carbocycles. The molecule has 0 saturated carbocycles. The molecule has 0 fully saturated rings. The van der Waals surface area contributed by atoms with Crippen molar-refractivity contribution >= 4 is 21.5 Å². The molecule has 0 bridgehead atoms. The molecule has 0 atom stereocenters. The van der Waals surface area contributed by atoms with Gasteiger partial charge in [-0.1, -0.05) is 12.1 Å². The molecule has 0 aliphatic heterocycles. The molecule has 0 saturated heterocycles. The van der Waals surface area contributed by atoms with E-state index < -0.39 is 41.2 Å². The number of hydrogen-bond donors (Lipinski definition) is 0. The molecule has 0 aliphatic rings. The third-order valence-corrected chi connectivity index (χ3v) is 4.84. The van der Waals surface area contributed by atoms with Gasteiger partial charge in [-0.25, -0.2) is 8.42 Å². The van der Waals surface area contributed by atoms with E-state index in [1.165, 1.54) is 24.3 Å². The molecule has 11 heteroatoms. The Morgan fingerprint density at radius 2 is 1.21 bits per heavy atom. The first-order valence-corrected chi connectivity index (χ1v) is 10.1. The monoisotopic (exact) mass is 466 g/mol. The molecule has 2 aromatic rings. The first kappa shape index (κ1) is 19.9. The minimum atomic E-state index is -3.92. The van der Waals surface area contributed by atoms with E-state index in [9.17, 15) is 20.2 Å². The zero-order chi connectivity index (χ0) is 18.3. The fraction of sp³-hybridized carbons (Fsp3) is 0.0769. The Morgan fingerprint density at radius 1 is 0.875 bits per heavy atom. The number of hydrogen-bond acceptors (Lipinski definition) is 7. The standard InChI is InChI=1S/C12H8IN2O4.CH4O3S/c16-14(17)11-5-1-3-9(7-11)13-10-4-2-6-12(8-10)15(18)19;1-5(2,3)4/h1-8H;1H3,(H,2,3,4)/q+1;/p-1. The highest BCUT2D eigenvalue weighted by Gasteiger charge is 2.21. The van der Waals surface area contributed by atoms with E-state index in [0.29, 0.717) is 6.26 Å². The van der Waals surface area contributed by atoms with Gasteiger partial charge in [0.2, 0.25) is 7.14 Å². The van der Waals surface area contributed by atoms with Crippen molar-refractivity contribution in [1.29, 1.82) is 0 Å². The predicted molar refractivity (Wildman–Crippen MR) is 79.2 cm³/mol. The normalized spacial score (nSPS) is 10.4. The number of non-ortho nitro benzene ring substituents is 2. The molecule has 2 rings (SSSR count). The molecular weight excluding hydrogens is 455 g/mol. The number of rotatable bonds is 4. The van der Waals surface area contributed by atoms with E-state index in [0.717, 1.165) is 7.14 Å². The van der Waals surface area contributed by atoms with Crippen LogP contribution in [0.25, 0.3) is 0 Å². The lowest BCUT2D eigenvalue weighted by atomic mass is 10.3. The maximum absolute atomic E-state index is 10.7. The van der Waals surface area contributed by atoms with E-state index in [4.69, 9.17) is 13.0 Å². The number of halogens is 1. The van der Waals surface area contributed by atoms with Crippen LogP contribution in [0.2, 0.25) is 0 Å². The van der Waals surface area contributed by atoms with Gasteiger partial charge in [-0.2, -0.15) is 0 Å². The Kier molecular flexibility index (Phi) is 7.18. The minimum Gasteiger partial charge on any atom is -0.748 e. The van der Waals surface area contributed by atoms with Gasteiger partial charge in [0, 0.05) is 18.4 Å². The van der Waals surface area contributed by atoms with Crippen LogP contribution in [-0.4, -0.2) is 29.1 Å². The first-order chi connectivity index (χ1) is 11.1. The van der Waals surface area contributed by atoms with Crippen molar-refractivity contribution in [2.24, 2.45) is 0 Å². The second kappa shape index (κ2) is 8.65. The minimum absolute atomic E-state index is 0.0441. The second-order valence-electron chi connectivity index (χ2n) is 4.27. The second-order valence-corrected chi connectivity index (χ2v) is 8.71. The fourth-order valence-corrected chi connectivity index (χ4v) is 3.87. The Hall–Kier alpha value is -2.12. The van der Waals surface area contributed by atoms with Gasteiger partial charge in [0.15, 0.2) is 0 Å². The van der Waals surface area contributed by atoms with E-state index in [-0.39, 0.29) is 11.4 Å². The lowest BCUT2D eigenvalue weighted by molar-refractivity contribution is -0.598. The Labute approximate surface area is 147 Å². The lowest BCUT2D eigenvalue weighted by Crippen LogP contribution is -3.61. The van der Waals surface area contributed by atoms with Crippen molar-refractivity contribution in [1.82, 2.24) is 0 Å². The van der Waals surface area contributed by atoms with Crippen LogP contribution in [0.15, 0.2) is 48.5 Å². The Morgan fingerprint density at radius 3 is 1.50 bits per heavy atom. The van der Waals surface area contributed by atoms with Crippen LogP contribution < -0.4 is 21.2 Å². The van der Waals surface area contributed by atoms with Crippen molar-refractivity contribution in [2.75, 3.05) is 6.26 Å². The Bertz CT molecular complexity index is 791. The average Bonchev–Trinajstić information content (AvgIpc) is 2.46. The van der Waals surface area contributed by atoms with Gasteiger partial charge in [0.05, 0.1) is 32.1 Å². The molecule has 0 aliphatic carbocycles.